The van der Waals surface area contributed by atoms with Gasteiger partial charge in [0.05, 0.1) is 45.7 Å². The lowest BCUT2D eigenvalue weighted by molar-refractivity contribution is 0.184. The number of hydrogen-bond donors (Lipinski definition) is 3. The van der Waals surface area contributed by atoms with E-state index in [0.717, 1.165) is 85.0 Å². The summed E-state index contributed by atoms with van der Waals surface area (Å²) >= 11 is 26.8. The molecule has 3 saturated heterocycles. The van der Waals surface area contributed by atoms with Gasteiger partial charge in [0.2, 0.25) is 0 Å². The number of pyridine rings is 3. The van der Waals surface area contributed by atoms with Crippen LogP contribution in [0.2, 0.25) is 15.1 Å². The zero-order valence-electron chi connectivity index (χ0n) is 43.3. The van der Waals surface area contributed by atoms with Gasteiger partial charge >= 0.3 is 12.1 Å². The van der Waals surface area contributed by atoms with Crippen LogP contribution in [0.4, 0.5) is 42.4 Å². The van der Waals surface area contributed by atoms with Gasteiger partial charge < -0.3 is 34.7 Å². The molecule has 0 spiro atoms. The second-order valence-electron chi connectivity index (χ2n) is 18.9. The number of nitrogens with one attached hydrogen (secondary N) is 3. The van der Waals surface area contributed by atoms with E-state index in [4.69, 9.17) is 34.8 Å². The third kappa shape index (κ3) is 13.5. The zero-order chi connectivity index (χ0) is 55.2. The number of hydrogen-bond acceptors (Lipinski definition) is 16. The molecule has 0 saturated carbocycles. The van der Waals surface area contributed by atoms with E-state index in [0.29, 0.717) is 64.6 Å². The maximum Gasteiger partial charge on any atom is 0.324 e. The zero-order valence-corrected chi connectivity index (χ0v) is 49.6. The van der Waals surface area contributed by atoms with Crippen LogP contribution >= 0.6 is 84.7 Å². The van der Waals surface area contributed by atoms with E-state index in [2.05, 4.69) is 113 Å². The van der Waals surface area contributed by atoms with Crippen molar-refractivity contribution < 1.29 is 9.59 Å². The number of nitrogens with zero attached hydrogens (tertiary/aromatic N) is 12. The molecule has 24 heteroatoms. The lowest BCUT2D eigenvalue weighted by Gasteiger charge is -2.40. The van der Waals surface area contributed by atoms with Gasteiger partial charge in [-0.05, 0) is 105 Å². The molecule has 3 aliphatic rings. The summed E-state index contributed by atoms with van der Waals surface area (Å²) < 4.78 is 4.28. The lowest BCUT2D eigenvalue weighted by Crippen LogP contribution is -2.55. The van der Waals surface area contributed by atoms with E-state index in [1.807, 2.05) is 103 Å². The standard InChI is InChI=1S/C19H20ClN5S.C18H17BrClN5OS.C18H18ClN5OS/c1-13-5-6-16-17(12-13)26-19(23-16)22-14(2)24-8-10-25(11-9-24)18-15(20)4-3-7-21-18;1-11-10-24(16-13(20)3-2-6-21-16)7-8-25(11)18(26)23-17-22-14-5-4-12(19)9-15(14)27-17;1-12-11-23(16-13(19)5-4-8-20-16)9-10-24(12)18(25)22-17-21-14-6-2-3-7-15(14)26-17/h3-7,12H,2,8-11H2,1H3,(H,22,23);2-6,9,11H,7-8,10H2,1H3,(H,22,23,26);2-8,12H,9-11H2,1H3,(H,21,22,25)/t;11-;12-/m.11/s1. The molecule has 408 valence electrons. The first-order chi connectivity index (χ1) is 38.2. The van der Waals surface area contributed by atoms with Gasteiger partial charge in [0.15, 0.2) is 15.4 Å². The highest BCUT2D eigenvalue weighted by Gasteiger charge is 2.31. The number of urea groups is 2. The summed E-state index contributed by atoms with van der Waals surface area (Å²) in [6.07, 6.45) is 5.25. The quantitative estimate of drug-likeness (QED) is 0.132. The Morgan fingerprint density at radius 2 is 0.987 bits per heavy atom. The third-order valence-electron chi connectivity index (χ3n) is 13.4. The van der Waals surface area contributed by atoms with Gasteiger partial charge in [-0.3, -0.25) is 10.6 Å². The van der Waals surface area contributed by atoms with Crippen LogP contribution in [0, 0.1) is 6.92 Å². The minimum absolute atomic E-state index is 0.0281. The van der Waals surface area contributed by atoms with Crippen molar-refractivity contribution in [2.24, 2.45) is 0 Å². The van der Waals surface area contributed by atoms with Crippen molar-refractivity contribution in [1.82, 2.24) is 44.6 Å². The molecule has 3 N–H and O–H groups in total. The lowest BCUT2D eigenvalue weighted by atomic mass is 10.2. The minimum atomic E-state index is -0.132. The first-order valence-corrected chi connectivity index (χ1v) is 29.8. The maximum atomic E-state index is 12.7. The number of aromatic nitrogens is 6. The fourth-order valence-electron chi connectivity index (χ4n) is 9.41. The molecule has 12 rings (SSSR count). The van der Waals surface area contributed by atoms with Crippen LogP contribution in [0.3, 0.4) is 0 Å². The molecule has 17 nitrogen and oxygen atoms in total. The predicted molar refractivity (Wildman–Crippen MR) is 330 cm³/mol. The van der Waals surface area contributed by atoms with Gasteiger partial charge in [-0.25, -0.2) is 39.5 Å². The Kier molecular flexibility index (Phi) is 17.8. The number of fused-ring (bicyclic) bond motifs is 3. The summed E-state index contributed by atoms with van der Waals surface area (Å²) in [6, 6.07) is 30.9. The summed E-state index contributed by atoms with van der Waals surface area (Å²) in [5, 5.41) is 13.3. The number of aryl methyl sites for hydroxylation is 1. The van der Waals surface area contributed by atoms with Crippen molar-refractivity contribution in [3.63, 3.8) is 0 Å². The Bertz CT molecular complexity index is 3600. The Balaban J connectivity index is 0.000000134. The van der Waals surface area contributed by atoms with Crippen LogP contribution < -0.4 is 30.7 Å². The Morgan fingerprint density at radius 1 is 0.544 bits per heavy atom. The number of thiazole rings is 3. The van der Waals surface area contributed by atoms with E-state index in [1.54, 1.807) is 29.9 Å². The SMILES string of the molecule is C=C(Nc1nc2ccc(C)cc2s1)N1CCN(c2ncccc2Cl)CC1.C[C@@H]1CN(c2ncccc2Cl)CCN1C(=O)Nc1nc2ccc(Br)cc2s1.C[C@@H]1CN(c2ncccc2Cl)CCN1C(=O)Nc1nc2ccccc2s1. The van der Waals surface area contributed by atoms with E-state index < -0.39 is 0 Å². The number of carbonyl (C=O) groups is 2. The summed E-state index contributed by atoms with van der Waals surface area (Å²) in [7, 11) is 0. The largest absolute Gasteiger partial charge is 0.355 e. The molecule has 6 aromatic heterocycles. The van der Waals surface area contributed by atoms with E-state index >= 15 is 0 Å². The molecule has 0 bridgehead atoms. The van der Waals surface area contributed by atoms with Gasteiger partial charge in [-0.1, -0.05) is 110 Å². The first kappa shape index (κ1) is 55.7. The predicted octanol–water partition coefficient (Wildman–Crippen LogP) is 13.3. The Hall–Kier alpha value is -6.59. The van der Waals surface area contributed by atoms with Crippen molar-refractivity contribution in [3.8, 4) is 0 Å². The van der Waals surface area contributed by atoms with Crippen molar-refractivity contribution in [2.45, 2.75) is 32.9 Å². The van der Waals surface area contributed by atoms with Gasteiger partial charge in [0, 0.05) is 101 Å². The molecule has 0 unspecified atom stereocenters. The van der Waals surface area contributed by atoms with Crippen LogP contribution in [-0.4, -0.2) is 134 Å². The van der Waals surface area contributed by atoms with Crippen molar-refractivity contribution >= 4 is 160 Å². The Morgan fingerprint density at radius 3 is 1.49 bits per heavy atom. The van der Waals surface area contributed by atoms with Crippen LogP contribution in [-0.2, 0) is 0 Å². The number of amides is 4. The van der Waals surface area contributed by atoms with E-state index in [9.17, 15) is 9.59 Å². The van der Waals surface area contributed by atoms with Crippen molar-refractivity contribution in [3.05, 3.63) is 153 Å². The molecule has 3 fully saturated rings. The second kappa shape index (κ2) is 25.2. The number of para-hydroxylation sites is 1. The topological polar surface area (TPSA) is 167 Å². The smallest absolute Gasteiger partial charge is 0.324 e. The summed E-state index contributed by atoms with van der Waals surface area (Å²) in [4.78, 5) is 64.5. The van der Waals surface area contributed by atoms with Crippen LogP contribution in [0.25, 0.3) is 30.6 Å². The molecule has 3 aromatic carbocycles. The molecule has 2 atom stereocenters. The highest BCUT2D eigenvalue weighted by molar-refractivity contribution is 9.10. The average Bonchev–Trinajstić information content (AvgIpc) is 4.20. The number of rotatable bonds is 8. The fraction of sp³-hybridized carbons (Fsp3) is 0.273. The molecule has 3 aliphatic heterocycles. The van der Waals surface area contributed by atoms with Gasteiger partial charge in [-0.15, -0.1) is 0 Å². The van der Waals surface area contributed by atoms with Gasteiger partial charge in [-0.2, -0.15) is 0 Å². The molecular formula is C55H55BrCl3N15O2S3. The van der Waals surface area contributed by atoms with E-state index in [1.165, 1.54) is 32.9 Å². The molecule has 0 aliphatic carbocycles. The monoisotopic (exact) mass is 1240 g/mol. The Labute approximate surface area is 493 Å². The molecular weight excluding hydrogens is 1190 g/mol. The van der Waals surface area contributed by atoms with E-state index in [-0.39, 0.29) is 24.1 Å². The van der Waals surface area contributed by atoms with Crippen LogP contribution in [0.1, 0.15) is 19.4 Å². The summed E-state index contributed by atoms with van der Waals surface area (Å²) in [6.45, 7) is 17.7. The molecule has 79 heavy (non-hydrogen) atoms. The third-order valence-corrected chi connectivity index (χ3v) is 17.6. The second-order valence-corrected chi connectivity index (χ2v) is 24.1. The average molecular weight is 1240 g/mol. The molecule has 9 heterocycles. The van der Waals surface area contributed by atoms with Crippen molar-refractivity contribution in [2.75, 3.05) is 96.1 Å². The summed E-state index contributed by atoms with van der Waals surface area (Å²) in [5.74, 6) is 3.27. The fourth-order valence-corrected chi connectivity index (χ4v) is 13.4. The van der Waals surface area contributed by atoms with Crippen molar-refractivity contribution in [1.29, 1.82) is 0 Å². The van der Waals surface area contributed by atoms with Gasteiger partial charge in [0.1, 0.15) is 23.3 Å². The number of anilines is 6. The normalized spacial score (nSPS) is 16.5. The first-order valence-electron chi connectivity index (χ1n) is 25.4. The number of benzene rings is 3. The minimum Gasteiger partial charge on any atom is -0.355 e. The number of carbonyl (C=O) groups excluding carboxylic acids is 2. The highest BCUT2D eigenvalue weighted by Crippen LogP contribution is 2.33. The highest BCUT2D eigenvalue weighted by atomic mass is 79.9. The maximum absolute atomic E-state index is 12.7. The molecule has 9 aromatic rings. The number of halogens is 4. The number of piperazine rings is 3. The summed E-state index contributed by atoms with van der Waals surface area (Å²) in [5.41, 5.74) is 4.04. The molecule has 4 amide bonds. The van der Waals surface area contributed by atoms with Crippen LogP contribution in [0.5, 0.6) is 0 Å². The van der Waals surface area contributed by atoms with Crippen LogP contribution in [0.15, 0.2) is 133 Å². The van der Waals surface area contributed by atoms with Gasteiger partial charge in [0.25, 0.3) is 0 Å². The molecule has 0 radical (unpaired) electrons.